The van der Waals surface area contributed by atoms with Gasteiger partial charge in [0, 0.05) is 6.07 Å². The number of rotatable bonds is 3. The van der Waals surface area contributed by atoms with Crippen LogP contribution in [-0.2, 0) is 20.5 Å². The Morgan fingerprint density at radius 1 is 1.10 bits per heavy atom. The third-order valence-corrected chi connectivity index (χ3v) is 4.19. The third kappa shape index (κ3) is 4.39. The highest BCUT2D eigenvalue weighted by molar-refractivity contribution is 6.11. The van der Waals surface area contributed by atoms with Gasteiger partial charge < -0.3 is 10.1 Å². The summed E-state index contributed by atoms with van der Waals surface area (Å²) in [5.41, 5.74) is -1.75. The fourth-order valence-corrected chi connectivity index (χ4v) is 2.83. The van der Waals surface area contributed by atoms with Crippen molar-refractivity contribution < 1.29 is 41.1 Å². The van der Waals surface area contributed by atoms with Crippen LogP contribution in [0.3, 0.4) is 0 Å². The Labute approximate surface area is 166 Å². The van der Waals surface area contributed by atoms with Gasteiger partial charge in [-0.25, -0.2) is 13.6 Å². The Balaban J connectivity index is 1.82. The van der Waals surface area contributed by atoms with Gasteiger partial charge in [-0.15, -0.1) is 0 Å². The van der Waals surface area contributed by atoms with Gasteiger partial charge >= 0.3 is 12.1 Å². The van der Waals surface area contributed by atoms with E-state index < -0.39 is 59.4 Å². The van der Waals surface area contributed by atoms with Crippen LogP contribution in [-0.4, -0.2) is 30.4 Å². The van der Waals surface area contributed by atoms with Gasteiger partial charge in [-0.3, -0.25) is 14.5 Å². The predicted octanol–water partition coefficient (Wildman–Crippen LogP) is 3.51. The van der Waals surface area contributed by atoms with E-state index >= 15 is 0 Å². The molecule has 3 rings (SSSR count). The summed E-state index contributed by atoms with van der Waals surface area (Å²) in [6, 6.07) is 4.40. The van der Waals surface area contributed by atoms with E-state index in [1.807, 2.05) is 0 Å². The number of halogens is 5. The molecule has 2 aromatic carbocycles. The topological polar surface area (TPSA) is 75.7 Å². The quantitative estimate of drug-likeness (QED) is 0.600. The molecule has 0 saturated heterocycles. The third-order valence-electron chi connectivity index (χ3n) is 4.19. The van der Waals surface area contributed by atoms with Crippen molar-refractivity contribution in [3.63, 3.8) is 0 Å². The van der Waals surface area contributed by atoms with Gasteiger partial charge in [0.05, 0.1) is 22.5 Å². The van der Waals surface area contributed by atoms with Crippen molar-refractivity contribution in [1.29, 1.82) is 0 Å². The summed E-state index contributed by atoms with van der Waals surface area (Å²) in [6.07, 6.45) is -6.15. The smallest absolute Gasteiger partial charge is 0.416 e. The van der Waals surface area contributed by atoms with Crippen molar-refractivity contribution in [2.45, 2.75) is 19.2 Å². The van der Waals surface area contributed by atoms with Crippen LogP contribution in [0, 0.1) is 11.6 Å². The van der Waals surface area contributed by atoms with E-state index in [0.717, 1.165) is 24.0 Å². The minimum atomic E-state index is -4.66. The lowest BCUT2D eigenvalue weighted by Gasteiger charge is -2.31. The van der Waals surface area contributed by atoms with Gasteiger partial charge in [-0.2, -0.15) is 13.2 Å². The van der Waals surface area contributed by atoms with E-state index in [2.05, 4.69) is 5.32 Å². The number of alkyl halides is 3. The maximum Gasteiger partial charge on any atom is 0.416 e. The molecule has 1 aliphatic rings. The van der Waals surface area contributed by atoms with E-state index in [1.54, 1.807) is 0 Å². The van der Waals surface area contributed by atoms with Crippen LogP contribution in [0.5, 0.6) is 0 Å². The van der Waals surface area contributed by atoms with E-state index in [1.165, 1.54) is 0 Å². The molecule has 0 aromatic heterocycles. The van der Waals surface area contributed by atoms with Gasteiger partial charge in [0.25, 0.3) is 5.91 Å². The van der Waals surface area contributed by atoms with Crippen molar-refractivity contribution in [3.05, 3.63) is 59.2 Å². The summed E-state index contributed by atoms with van der Waals surface area (Å²) in [5, 5.41) is 2.25. The fraction of sp³-hybridized carbons (Fsp3) is 0.211. The highest BCUT2D eigenvalue weighted by Crippen LogP contribution is 2.37. The summed E-state index contributed by atoms with van der Waals surface area (Å²) >= 11 is 0. The summed E-state index contributed by atoms with van der Waals surface area (Å²) in [7, 11) is 0. The molecule has 0 saturated carbocycles. The second-order valence-corrected chi connectivity index (χ2v) is 6.41. The highest BCUT2D eigenvalue weighted by atomic mass is 19.4. The second-order valence-electron chi connectivity index (χ2n) is 6.41. The maximum atomic E-state index is 13.3. The molecule has 2 aromatic rings. The standard InChI is InChI=1S/C19H13F5N2O4/c1-9(30-18(29)10-4-12(20)7-13(21)5-10)17(28)26-8-16(27)25-14-6-11(19(22,23)24)2-3-15(14)26/h2-7,9H,8H2,1H3,(H,25,27). The summed E-state index contributed by atoms with van der Waals surface area (Å²) < 4.78 is 70.1. The molecular weight excluding hydrogens is 415 g/mol. The van der Waals surface area contributed by atoms with E-state index in [-0.39, 0.29) is 11.4 Å². The monoisotopic (exact) mass is 428 g/mol. The molecule has 158 valence electrons. The van der Waals surface area contributed by atoms with Crippen LogP contribution in [0.25, 0.3) is 0 Å². The number of nitrogens with one attached hydrogen (secondary N) is 1. The minimum absolute atomic E-state index is 0.0210. The van der Waals surface area contributed by atoms with Gasteiger partial charge in [0.15, 0.2) is 6.10 Å². The number of benzene rings is 2. The lowest BCUT2D eigenvalue weighted by atomic mass is 10.1. The Hall–Kier alpha value is -3.50. The molecule has 1 heterocycles. The first-order chi connectivity index (χ1) is 14.0. The first-order valence-corrected chi connectivity index (χ1v) is 8.45. The number of hydrogen-bond donors (Lipinski definition) is 1. The Morgan fingerprint density at radius 2 is 1.73 bits per heavy atom. The molecule has 2 amide bonds. The van der Waals surface area contributed by atoms with Gasteiger partial charge in [-0.05, 0) is 37.3 Å². The van der Waals surface area contributed by atoms with Crippen molar-refractivity contribution >= 4 is 29.2 Å². The number of carbonyl (C=O) groups excluding carboxylic acids is 3. The average Bonchev–Trinajstić information content (AvgIpc) is 2.64. The van der Waals surface area contributed by atoms with Crippen LogP contribution in [0.4, 0.5) is 33.3 Å². The number of fused-ring (bicyclic) bond motifs is 1. The summed E-state index contributed by atoms with van der Waals surface area (Å²) in [5.74, 6) is -4.90. The van der Waals surface area contributed by atoms with Crippen molar-refractivity contribution in [1.82, 2.24) is 0 Å². The van der Waals surface area contributed by atoms with Crippen LogP contribution < -0.4 is 10.2 Å². The van der Waals surface area contributed by atoms with Gasteiger partial charge in [0.1, 0.15) is 18.2 Å². The lowest BCUT2D eigenvalue weighted by Crippen LogP contribution is -2.47. The SMILES string of the molecule is CC(OC(=O)c1cc(F)cc(F)c1)C(=O)N1CC(=O)Nc2cc(C(F)(F)F)ccc21. The number of esters is 1. The molecule has 6 nitrogen and oxygen atoms in total. The zero-order valence-electron chi connectivity index (χ0n) is 15.2. The first-order valence-electron chi connectivity index (χ1n) is 8.45. The molecule has 30 heavy (non-hydrogen) atoms. The molecular formula is C19H13F5N2O4. The van der Waals surface area contributed by atoms with Crippen LogP contribution in [0.15, 0.2) is 36.4 Å². The fourth-order valence-electron chi connectivity index (χ4n) is 2.83. The zero-order chi connectivity index (χ0) is 22.2. The number of ether oxygens (including phenoxy) is 1. The summed E-state index contributed by atoms with van der Waals surface area (Å²) in [4.78, 5) is 37.5. The lowest BCUT2D eigenvalue weighted by molar-refractivity contribution is -0.137. The molecule has 0 aliphatic carbocycles. The second kappa shape index (κ2) is 7.73. The van der Waals surface area contributed by atoms with E-state index in [9.17, 15) is 36.3 Å². The number of anilines is 2. The van der Waals surface area contributed by atoms with Crippen molar-refractivity contribution in [2.75, 3.05) is 16.8 Å². The van der Waals surface area contributed by atoms with Gasteiger partial charge in [-0.1, -0.05) is 0 Å². The molecule has 1 unspecified atom stereocenters. The molecule has 0 radical (unpaired) electrons. The average molecular weight is 428 g/mol. The molecule has 1 aliphatic heterocycles. The molecule has 0 spiro atoms. The number of hydrogen-bond acceptors (Lipinski definition) is 4. The van der Waals surface area contributed by atoms with Crippen LogP contribution in [0.2, 0.25) is 0 Å². The van der Waals surface area contributed by atoms with Gasteiger partial charge in [0.2, 0.25) is 5.91 Å². The Kier molecular flexibility index (Phi) is 5.47. The number of carbonyl (C=O) groups is 3. The summed E-state index contributed by atoms with van der Waals surface area (Å²) in [6.45, 7) is 0.639. The molecule has 1 atom stereocenters. The molecule has 0 bridgehead atoms. The largest absolute Gasteiger partial charge is 0.449 e. The highest BCUT2D eigenvalue weighted by Gasteiger charge is 2.35. The zero-order valence-corrected chi connectivity index (χ0v) is 15.2. The van der Waals surface area contributed by atoms with Crippen molar-refractivity contribution in [2.24, 2.45) is 0 Å². The van der Waals surface area contributed by atoms with E-state index in [4.69, 9.17) is 4.74 Å². The normalized spacial score (nSPS) is 14.6. The maximum absolute atomic E-state index is 13.3. The number of amides is 2. The van der Waals surface area contributed by atoms with Crippen LogP contribution in [0.1, 0.15) is 22.8 Å². The van der Waals surface area contributed by atoms with Crippen LogP contribution >= 0.6 is 0 Å². The first kappa shape index (κ1) is 21.2. The Morgan fingerprint density at radius 3 is 2.33 bits per heavy atom. The van der Waals surface area contributed by atoms with Crippen molar-refractivity contribution in [3.8, 4) is 0 Å². The molecule has 11 heteroatoms. The predicted molar refractivity (Wildman–Crippen MR) is 93.7 cm³/mol. The molecule has 1 N–H and O–H groups in total. The van der Waals surface area contributed by atoms with E-state index in [0.29, 0.717) is 24.3 Å². The Bertz CT molecular complexity index is 1020. The number of nitrogens with zero attached hydrogens (tertiary/aromatic N) is 1. The molecule has 0 fully saturated rings. The minimum Gasteiger partial charge on any atom is -0.449 e.